The van der Waals surface area contributed by atoms with E-state index in [1.165, 1.54) is 0 Å². The van der Waals surface area contributed by atoms with Crippen LogP contribution in [0.2, 0.25) is 0 Å². The third kappa shape index (κ3) is 3.98. The Morgan fingerprint density at radius 1 is 0.553 bits per heavy atom. The number of rotatable bonds is 4. The second-order valence-electron chi connectivity index (χ2n) is 9.11. The van der Waals surface area contributed by atoms with E-state index in [-0.39, 0.29) is 0 Å². The molecule has 180 valence electrons. The molecule has 3 aromatic heterocycles. The highest BCUT2D eigenvalue weighted by Crippen LogP contribution is 2.34. The zero-order valence-corrected chi connectivity index (χ0v) is 21.9. The molecule has 4 nitrogen and oxygen atoms in total. The van der Waals surface area contributed by atoms with E-state index in [9.17, 15) is 0 Å². The zero-order chi connectivity index (χ0) is 25.5. The monoisotopic (exact) mass is 552 g/mol. The Morgan fingerprint density at radius 3 is 1.95 bits per heavy atom. The van der Waals surface area contributed by atoms with Crippen molar-refractivity contribution in [1.29, 1.82) is 0 Å². The summed E-state index contributed by atoms with van der Waals surface area (Å²) < 4.78 is 3.28. The van der Waals surface area contributed by atoms with Crippen LogP contribution in [0.25, 0.3) is 61.5 Å². The zero-order valence-electron chi connectivity index (χ0n) is 20.3. The summed E-state index contributed by atoms with van der Waals surface area (Å²) in [5, 5.41) is 1.11. The molecule has 4 aromatic carbocycles. The SMILES string of the molecule is Brc1ccc2c3ncccc3n(-c3cccc(-c4nc(-c5ccccc5)cc(-c5ccccc5)n4)c3)c2c1. The molecule has 0 aliphatic carbocycles. The van der Waals surface area contributed by atoms with Crippen molar-refractivity contribution < 1.29 is 0 Å². The van der Waals surface area contributed by atoms with Crippen LogP contribution in [0, 0.1) is 0 Å². The first-order valence-electron chi connectivity index (χ1n) is 12.4. The quantitative estimate of drug-likeness (QED) is 0.219. The fourth-order valence-electron chi connectivity index (χ4n) is 4.96. The summed E-state index contributed by atoms with van der Waals surface area (Å²) in [5.74, 6) is 0.687. The van der Waals surface area contributed by atoms with E-state index >= 15 is 0 Å². The van der Waals surface area contributed by atoms with Crippen molar-refractivity contribution in [1.82, 2.24) is 19.5 Å². The summed E-state index contributed by atoms with van der Waals surface area (Å²) in [6.07, 6.45) is 1.85. The predicted molar refractivity (Wildman–Crippen MR) is 158 cm³/mol. The van der Waals surface area contributed by atoms with Crippen molar-refractivity contribution in [2.75, 3.05) is 0 Å². The van der Waals surface area contributed by atoms with Gasteiger partial charge in [0.25, 0.3) is 0 Å². The lowest BCUT2D eigenvalue weighted by Crippen LogP contribution is -1.98. The van der Waals surface area contributed by atoms with E-state index in [2.05, 4.69) is 99.4 Å². The molecule has 0 aliphatic heterocycles. The van der Waals surface area contributed by atoms with Gasteiger partial charge in [0.15, 0.2) is 5.82 Å². The minimum atomic E-state index is 0.687. The van der Waals surface area contributed by atoms with Gasteiger partial charge in [-0.3, -0.25) is 4.98 Å². The Morgan fingerprint density at radius 2 is 1.24 bits per heavy atom. The largest absolute Gasteiger partial charge is 0.308 e. The Bertz CT molecular complexity index is 1870. The van der Waals surface area contributed by atoms with Gasteiger partial charge >= 0.3 is 0 Å². The molecule has 3 heterocycles. The highest BCUT2D eigenvalue weighted by atomic mass is 79.9. The minimum absolute atomic E-state index is 0.687. The Labute approximate surface area is 228 Å². The normalized spacial score (nSPS) is 11.3. The van der Waals surface area contributed by atoms with Gasteiger partial charge in [0.05, 0.1) is 27.9 Å². The van der Waals surface area contributed by atoms with E-state index in [1.807, 2.05) is 48.7 Å². The first-order chi connectivity index (χ1) is 18.7. The van der Waals surface area contributed by atoms with E-state index in [1.54, 1.807) is 0 Å². The lowest BCUT2D eigenvalue weighted by Gasteiger charge is -2.12. The van der Waals surface area contributed by atoms with Crippen molar-refractivity contribution in [2.24, 2.45) is 0 Å². The number of fused-ring (bicyclic) bond motifs is 3. The lowest BCUT2D eigenvalue weighted by atomic mass is 10.1. The summed E-state index contributed by atoms with van der Waals surface area (Å²) in [7, 11) is 0. The van der Waals surface area contributed by atoms with E-state index in [0.29, 0.717) is 5.82 Å². The number of hydrogen-bond donors (Lipinski definition) is 0. The summed E-state index contributed by atoms with van der Waals surface area (Å²) in [5.41, 5.74) is 9.01. The standard InChI is InChI=1S/C33H21BrN4/c34-25-16-17-27-31(20-25)38(30-15-8-18-35-32(27)30)26-14-7-13-24(19-26)33-36-28(22-9-3-1-4-10-22)21-29(37-33)23-11-5-2-6-12-23/h1-21H. The van der Waals surface area contributed by atoms with Crippen molar-refractivity contribution >= 4 is 37.9 Å². The third-order valence-electron chi connectivity index (χ3n) is 6.71. The first kappa shape index (κ1) is 22.6. The minimum Gasteiger partial charge on any atom is -0.308 e. The first-order valence-corrected chi connectivity index (χ1v) is 13.2. The highest BCUT2D eigenvalue weighted by molar-refractivity contribution is 9.10. The molecular formula is C33H21BrN4. The molecule has 0 N–H and O–H groups in total. The number of benzene rings is 4. The molecule has 0 saturated carbocycles. The molecule has 5 heteroatoms. The molecule has 7 aromatic rings. The van der Waals surface area contributed by atoms with Gasteiger partial charge < -0.3 is 4.57 Å². The van der Waals surface area contributed by atoms with Gasteiger partial charge in [0.1, 0.15) is 0 Å². The van der Waals surface area contributed by atoms with Crippen LogP contribution >= 0.6 is 15.9 Å². The number of hydrogen-bond acceptors (Lipinski definition) is 3. The van der Waals surface area contributed by atoms with Gasteiger partial charge in [0.2, 0.25) is 0 Å². The fourth-order valence-corrected chi connectivity index (χ4v) is 5.31. The molecule has 0 aliphatic rings. The maximum absolute atomic E-state index is 5.02. The number of pyridine rings is 1. The number of halogens is 1. The average molecular weight is 553 g/mol. The summed E-state index contributed by atoms with van der Waals surface area (Å²) in [6.45, 7) is 0. The van der Waals surface area contributed by atoms with Gasteiger partial charge in [-0.15, -0.1) is 0 Å². The van der Waals surface area contributed by atoms with Crippen LogP contribution in [0.4, 0.5) is 0 Å². The van der Waals surface area contributed by atoms with Gasteiger partial charge in [0, 0.05) is 38.4 Å². The molecule has 0 spiro atoms. The third-order valence-corrected chi connectivity index (χ3v) is 7.20. The van der Waals surface area contributed by atoms with Crippen molar-refractivity contribution in [3.05, 3.63) is 132 Å². The van der Waals surface area contributed by atoms with E-state index in [4.69, 9.17) is 15.0 Å². The van der Waals surface area contributed by atoms with Crippen molar-refractivity contribution in [2.45, 2.75) is 0 Å². The summed E-state index contributed by atoms with van der Waals surface area (Å²) >= 11 is 3.65. The molecule has 7 rings (SSSR count). The molecule has 0 saturated heterocycles. The molecule has 0 fully saturated rings. The van der Waals surface area contributed by atoms with Gasteiger partial charge in [-0.05, 0) is 48.5 Å². The molecule has 0 amide bonds. The van der Waals surface area contributed by atoms with Crippen molar-refractivity contribution in [3.8, 4) is 39.6 Å². The van der Waals surface area contributed by atoms with Crippen LogP contribution in [-0.4, -0.2) is 19.5 Å². The van der Waals surface area contributed by atoms with Crippen LogP contribution in [0.5, 0.6) is 0 Å². The average Bonchev–Trinajstić information content (AvgIpc) is 3.31. The van der Waals surface area contributed by atoms with Crippen LogP contribution in [0.15, 0.2) is 132 Å². The second kappa shape index (κ2) is 9.36. The van der Waals surface area contributed by atoms with Gasteiger partial charge in [-0.1, -0.05) is 88.7 Å². The molecular weight excluding hydrogens is 532 g/mol. The summed E-state index contributed by atoms with van der Waals surface area (Å²) in [4.78, 5) is 14.7. The smallest absolute Gasteiger partial charge is 0.160 e. The van der Waals surface area contributed by atoms with E-state index < -0.39 is 0 Å². The van der Waals surface area contributed by atoms with Crippen LogP contribution in [0.1, 0.15) is 0 Å². The maximum Gasteiger partial charge on any atom is 0.160 e. The maximum atomic E-state index is 5.02. The Kier molecular flexibility index (Phi) is 5.56. The topological polar surface area (TPSA) is 43.6 Å². The Balaban J connectivity index is 1.44. The van der Waals surface area contributed by atoms with Crippen LogP contribution in [-0.2, 0) is 0 Å². The Hall–Kier alpha value is -4.61. The van der Waals surface area contributed by atoms with E-state index in [0.717, 1.165) is 60.2 Å². The number of aromatic nitrogens is 4. The molecule has 38 heavy (non-hydrogen) atoms. The summed E-state index contributed by atoms with van der Waals surface area (Å²) in [6, 6.07) is 41.4. The van der Waals surface area contributed by atoms with Crippen LogP contribution < -0.4 is 0 Å². The predicted octanol–water partition coefficient (Wildman–Crippen LogP) is 8.73. The molecule has 0 radical (unpaired) electrons. The van der Waals surface area contributed by atoms with Crippen molar-refractivity contribution in [3.63, 3.8) is 0 Å². The lowest BCUT2D eigenvalue weighted by molar-refractivity contribution is 1.15. The fraction of sp³-hybridized carbons (Fsp3) is 0. The molecule has 0 atom stereocenters. The second-order valence-corrected chi connectivity index (χ2v) is 10.0. The van der Waals surface area contributed by atoms with Gasteiger partial charge in [-0.2, -0.15) is 0 Å². The molecule has 0 bridgehead atoms. The highest BCUT2D eigenvalue weighted by Gasteiger charge is 2.15. The molecule has 0 unspecified atom stereocenters. The number of nitrogens with zero attached hydrogens (tertiary/aromatic N) is 4. The van der Waals surface area contributed by atoms with Gasteiger partial charge in [-0.25, -0.2) is 9.97 Å². The van der Waals surface area contributed by atoms with Crippen LogP contribution in [0.3, 0.4) is 0 Å².